The zero-order chi connectivity index (χ0) is 14.9. The van der Waals surface area contributed by atoms with E-state index in [2.05, 4.69) is 4.98 Å². The molecule has 2 atom stereocenters. The van der Waals surface area contributed by atoms with Gasteiger partial charge in [0, 0.05) is 18.7 Å². The topological polar surface area (TPSA) is 85.6 Å². The van der Waals surface area contributed by atoms with Gasteiger partial charge < -0.3 is 9.64 Å². The number of pyridine rings is 1. The average Bonchev–Trinajstić information content (AvgIpc) is 2.79. The molecule has 1 aromatic rings. The molecule has 108 valence electrons. The highest BCUT2D eigenvalue weighted by Crippen LogP contribution is 2.29. The molecular formula is C13H17N3O4. The van der Waals surface area contributed by atoms with Gasteiger partial charge in [0.15, 0.2) is 0 Å². The van der Waals surface area contributed by atoms with Gasteiger partial charge >= 0.3 is 5.97 Å². The number of methoxy groups -OCH3 is 1. The van der Waals surface area contributed by atoms with Crippen LogP contribution in [0, 0.1) is 28.9 Å². The summed E-state index contributed by atoms with van der Waals surface area (Å²) in [5.41, 5.74) is 0.569. The lowest BCUT2D eigenvalue weighted by Crippen LogP contribution is -2.24. The van der Waals surface area contributed by atoms with Gasteiger partial charge in [-0.05, 0) is 18.9 Å². The van der Waals surface area contributed by atoms with Crippen LogP contribution in [0.5, 0.6) is 0 Å². The Morgan fingerprint density at radius 3 is 2.80 bits per heavy atom. The van der Waals surface area contributed by atoms with Crippen LogP contribution >= 0.6 is 0 Å². The first-order chi connectivity index (χ1) is 9.43. The third-order valence-electron chi connectivity index (χ3n) is 3.71. The Morgan fingerprint density at radius 2 is 2.25 bits per heavy atom. The van der Waals surface area contributed by atoms with E-state index in [4.69, 9.17) is 4.74 Å². The molecule has 2 rings (SSSR count). The van der Waals surface area contributed by atoms with Crippen molar-refractivity contribution in [2.75, 3.05) is 25.1 Å². The predicted octanol–water partition coefficient (Wildman–Crippen LogP) is 1.54. The summed E-state index contributed by atoms with van der Waals surface area (Å²) in [6.07, 6.45) is 1.26. The fraction of sp³-hybridized carbons (Fsp3) is 0.538. The number of carbonyl (C=O) groups excluding carboxylic acids is 1. The van der Waals surface area contributed by atoms with Gasteiger partial charge in [0.25, 0.3) is 5.69 Å². The Morgan fingerprint density at radius 1 is 1.55 bits per heavy atom. The van der Waals surface area contributed by atoms with E-state index in [1.165, 1.54) is 13.3 Å². The van der Waals surface area contributed by atoms with Crippen LogP contribution in [0.3, 0.4) is 0 Å². The van der Waals surface area contributed by atoms with Crippen molar-refractivity contribution in [2.45, 2.75) is 13.8 Å². The average molecular weight is 279 g/mol. The molecule has 0 radical (unpaired) electrons. The number of carbonyl (C=O) groups is 1. The molecule has 2 unspecified atom stereocenters. The van der Waals surface area contributed by atoms with Crippen LogP contribution in [-0.2, 0) is 9.53 Å². The summed E-state index contributed by atoms with van der Waals surface area (Å²) in [6, 6.07) is 1.69. The fourth-order valence-electron chi connectivity index (χ4n) is 2.51. The highest BCUT2D eigenvalue weighted by molar-refractivity contribution is 5.74. The molecule has 0 amide bonds. The van der Waals surface area contributed by atoms with Crippen molar-refractivity contribution in [1.82, 2.24) is 4.98 Å². The van der Waals surface area contributed by atoms with Crippen molar-refractivity contribution in [2.24, 2.45) is 11.8 Å². The normalized spacial score (nSPS) is 21.9. The van der Waals surface area contributed by atoms with Gasteiger partial charge in [0.1, 0.15) is 12.0 Å². The largest absolute Gasteiger partial charge is 0.469 e. The maximum atomic E-state index is 11.7. The minimum atomic E-state index is -0.448. The van der Waals surface area contributed by atoms with E-state index in [1.807, 2.05) is 11.8 Å². The monoisotopic (exact) mass is 279 g/mol. The van der Waals surface area contributed by atoms with Crippen LogP contribution in [0.4, 0.5) is 11.5 Å². The minimum Gasteiger partial charge on any atom is -0.469 e. The summed E-state index contributed by atoms with van der Waals surface area (Å²) < 4.78 is 4.79. The number of nitro groups is 1. The first-order valence-electron chi connectivity index (χ1n) is 6.38. The maximum absolute atomic E-state index is 11.7. The SMILES string of the molecule is COC(=O)C1CN(c2cc(C)c([N+](=O)[O-])cn2)CC1C. The quantitative estimate of drug-likeness (QED) is 0.474. The maximum Gasteiger partial charge on any atom is 0.310 e. The van der Waals surface area contributed by atoms with Crippen LogP contribution in [0.25, 0.3) is 0 Å². The highest BCUT2D eigenvalue weighted by atomic mass is 16.6. The molecule has 7 nitrogen and oxygen atoms in total. The Hall–Kier alpha value is -2.18. The van der Waals surface area contributed by atoms with E-state index in [0.717, 1.165) is 0 Å². The second-order valence-electron chi connectivity index (χ2n) is 5.10. The Bertz CT molecular complexity index is 546. The molecule has 1 aliphatic heterocycles. The molecule has 1 fully saturated rings. The van der Waals surface area contributed by atoms with Gasteiger partial charge in [-0.25, -0.2) is 4.98 Å². The smallest absolute Gasteiger partial charge is 0.310 e. The molecule has 0 aliphatic carbocycles. The zero-order valence-electron chi connectivity index (χ0n) is 11.7. The number of rotatable bonds is 3. The van der Waals surface area contributed by atoms with Gasteiger partial charge in [-0.1, -0.05) is 6.92 Å². The number of ether oxygens (including phenoxy) is 1. The van der Waals surface area contributed by atoms with Crippen LogP contribution in [0.15, 0.2) is 12.3 Å². The molecule has 0 spiro atoms. The third kappa shape index (κ3) is 2.56. The second kappa shape index (κ2) is 5.44. The molecule has 1 aliphatic rings. The Labute approximate surface area is 116 Å². The van der Waals surface area contributed by atoms with Gasteiger partial charge in [-0.2, -0.15) is 0 Å². The molecule has 0 aromatic carbocycles. The lowest BCUT2D eigenvalue weighted by Gasteiger charge is -2.17. The van der Waals surface area contributed by atoms with Crippen LogP contribution in [0.1, 0.15) is 12.5 Å². The van der Waals surface area contributed by atoms with Crippen molar-refractivity contribution in [3.8, 4) is 0 Å². The second-order valence-corrected chi connectivity index (χ2v) is 5.10. The summed E-state index contributed by atoms with van der Waals surface area (Å²) in [7, 11) is 1.38. The molecular weight excluding hydrogens is 262 g/mol. The molecule has 1 saturated heterocycles. The van der Waals surface area contributed by atoms with Gasteiger partial charge in [-0.3, -0.25) is 14.9 Å². The van der Waals surface area contributed by atoms with Crippen molar-refractivity contribution < 1.29 is 14.5 Å². The van der Waals surface area contributed by atoms with Crippen molar-refractivity contribution in [3.05, 3.63) is 27.9 Å². The standard InChI is InChI=1S/C13H17N3O4/c1-8-4-12(14-5-11(8)16(18)19)15-6-9(2)10(7-15)13(17)20-3/h4-5,9-10H,6-7H2,1-3H3. The van der Waals surface area contributed by atoms with E-state index in [-0.39, 0.29) is 23.5 Å². The van der Waals surface area contributed by atoms with E-state index in [0.29, 0.717) is 24.5 Å². The Kier molecular flexibility index (Phi) is 3.87. The van der Waals surface area contributed by atoms with Crippen LogP contribution in [0.2, 0.25) is 0 Å². The number of aromatic nitrogens is 1. The number of hydrogen-bond acceptors (Lipinski definition) is 6. The third-order valence-corrected chi connectivity index (χ3v) is 3.71. The summed E-state index contributed by atoms with van der Waals surface area (Å²) in [5.74, 6) is 0.419. The molecule has 0 saturated carbocycles. The van der Waals surface area contributed by atoms with Gasteiger partial charge in [-0.15, -0.1) is 0 Å². The number of esters is 1. The zero-order valence-corrected chi connectivity index (χ0v) is 11.7. The molecule has 20 heavy (non-hydrogen) atoms. The molecule has 1 aromatic heterocycles. The lowest BCUT2D eigenvalue weighted by atomic mass is 9.99. The van der Waals surface area contributed by atoms with Crippen molar-refractivity contribution in [1.29, 1.82) is 0 Å². The van der Waals surface area contributed by atoms with Crippen LogP contribution < -0.4 is 4.90 Å². The van der Waals surface area contributed by atoms with E-state index >= 15 is 0 Å². The van der Waals surface area contributed by atoms with Crippen LogP contribution in [-0.4, -0.2) is 36.1 Å². The number of anilines is 1. The number of aryl methyl sites for hydroxylation is 1. The van der Waals surface area contributed by atoms with E-state index in [1.54, 1.807) is 13.0 Å². The van der Waals surface area contributed by atoms with E-state index < -0.39 is 4.92 Å². The summed E-state index contributed by atoms with van der Waals surface area (Å²) in [5, 5.41) is 10.8. The highest BCUT2D eigenvalue weighted by Gasteiger charge is 2.36. The van der Waals surface area contributed by atoms with Crippen molar-refractivity contribution in [3.63, 3.8) is 0 Å². The molecule has 0 N–H and O–H groups in total. The van der Waals surface area contributed by atoms with E-state index in [9.17, 15) is 14.9 Å². The first-order valence-corrected chi connectivity index (χ1v) is 6.38. The first kappa shape index (κ1) is 14.2. The van der Waals surface area contributed by atoms with Gasteiger partial charge in [0.2, 0.25) is 0 Å². The molecule has 0 bridgehead atoms. The lowest BCUT2D eigenvalue weighted by molar-refractivity contribution is -0.385. The number of hydrogen-bond donors (Lipinski definition) is 0. The summed E-state index contributed by atoms with van der Waals surface area (Å²) >= 11 is 0. The predicted molar refractivity (Wildman–Crippen MR) is 72.5 cm³/mol. The van der Waals surface area contributed by atoms with Crippen molar-refractivity contribution >= 4 is 17.5 Å². The summed E-state index contributed by atoms with van der Waals surface area (Å²) in [4.78, 5) is 28.1. The molecule has 7 heteroatoms. The Balaban J connectivity index is 2.20. The summed E-state index contributed by atoms with van der Waals surface area (Å²) in [6.45, 7) is 4.88. The van der Waals surface area contributed by atoms with Gasteiger partial charge in [0.05, 0.1) is 18.0 Å². The molecule has 2 heterocycles. The minimum absolute atomic E-state index is 0.00510. The fourth-order valence-corrected chi connectivity index (χ4v) is 2.51. The number of nitrogens with zero attached hydrogens (tertiary/aromatic N) is 3.